The molecule has 3 aromatic rings. The molecular formula is C23H27Cl2N3O2S. The van der Waals surface area contributed by atoms with Crippen LogP contribution in [0.4, 0.5) is 0 Å². The van der Waals surface area contributed by atoms with E-state index in [2.05, 4.69) is 28.4 Å². The van der Waals surface area contributed by atoms with Crippen LogP contribution in [0.2, 0.25) is 10.0 Å². The van der Waals surface area contributed by atoms with E-state index in [-0.39, 0.29) is 6.61 Å². The zero-order chi connectivity index (χ0) is 21.6. The van der Waals surface area contributed by atoms with Gasteiger partial charge in [0, 0.05) is 29.2 Å². The summed E-state index contributed by atoms with van der Waals surface area (Å²) in [6.45, 7) is 4.03. The number of aliphatic hydroxyl groups is 1. The molecular weight excluding hydrogens is 453 g/mol. The van der Waals surface area contributed by atoms with Gasteiger partial charge in [-0.05, 0) is 55.8 Å². The quantitative estimate of drug-likeness (QED) is 0.464. The number of rotatable bonds is 9. The molecule has 2 N–H and O–H groups in total. The van der Waals surface area contributed by atoms with Crippen molar-refractivity contribution in [3.8, 4) is 0 Å². The van der Waals surface area contributed by atoms with Crippen LogP contribution in [0.25, 0.3) is 10.2 Å². The van der Waals surface area contributed by atoms with Crippen molar-refractivity contribution in [2.45, 2.75) is 38.1 Å². The first-order chi connectivity index (χ1) is 15.1. The van der Waals surface area contributed by atoms with Crippen LogP contribution in [0.15, 0.2) is 42.5 Å². The van der Waals surface area contributed by atoms with Gasteiger partial charge in [0.25, 0.3) is 0 Å². The summed E-state index contributed by atoms with van der Waals surface area (Å²) in [6.07, 6.45) is 1.62. The van der Waals surface area contributed by atoms with Gasteiger partial charge in [0.1, 0.15) is 5.01 Å². The minimum Gasteiger partial charge on any atom is -0.389 e. The standard InChI is InChI=1S/C23H27Cl2N3O2S/c24-17-6-5-16(20(25)11-17)14-30-15-19(29)13-28-9-7-18(8-10-28)26-12-23-27-21-3-1-2-4-22(21)31-23/h1-6,11,18-19,26,29H,7-10,12-15H2. The van der Waals surface area contributed by atoms with Crippen molar-refractivity contribution >= 4 is 44.8 Å². The molecule has 1 fully saturated rings. The number of likely N-dealkylation sites (tertiary alicyclic amines) is 1. The largest absolute Gasteiger partial charge is 0.389 e. The third-order valence-corrected chi connectivity index (χ3v) is 7.14. The van der Waals surface area contributed by atoms with E-state index >= 15 is 0 Å². The van der Waals surface area contributed by atoms with Crippen LogP contribution in [-0.2, 0) is 17.9 Å². The van der Waals surface area contributed by atoms with Crippen LogP contribution >= 0.6 is 34.5 Å². The Balaban J connectivity index is 1.13. The van der Waals surface area contributed by atoms with Crippen LogP contribution in [0, 0.1) is 0 Å². The van der Waals surface area contributed by atoms with E-state index in [1.54, 1.807) is 23.5 Å². The predicted octanol–water partition coefficient (Wildman–Crippen LogP) is 4.73. The first-order valence-electron chi connectivity index (χ1n) is 10.6. The summed E-state index contributed by atoms with van der Waals surface area (Å²) < 4.78 is 6.89. The minimum absolute atomic E-state index is 0.286. The van der Waals surface area contributed by atoms with Gasteiger partial charge in [-0.2, -0.15) is 0 Å². The van der Waals surface area contributed by atoms with Crippen molar-refractivity contribution in [3.63, 3.8) is 0 Å². The summed E-state index contributed by atoms with van der Waals surface area (Å²) in [5, 5.41) is 16.3. The summed E-state index contributed by atoms with van der Waals surface area (Å²) in [7, 11) is 0. The topological polar surface area (TPSA) is 57.6 Å². The van der Waals surface area contributed by atoms with Gasteiger partial charge >= 0.3 is 0 Å². The Bertz CT molecular complexity index is 959. The van der Waals surface area contributed by atoms with E-state index in [4.69, 9.17) is 32.9 Å². The Morgan fingerprint density at radius 2 is 2.00 bits per heavy atom. The van der Waals surface area contributed by atoms with Crippen LogP contribution in [0.1, 0.15) is 23.4 Å². The molecule has 0 spiro atoms. The average molecular weight is 480 g/mol. The summed E-state index contributed by atoms with van der Waals surface area (Å²) in [6, 6.07) is 14.1. The minimum atomic E-state index is -0.515. The lowest BCUT2D eigenvalue weighted by atomic mass is 10.0. The Kier molecular flexibility index (Phi) is 8.18. The van der Waals surface area contributed by atoms with E-state index in [0.29, 0.717) is 29.2 Å². The number of ether oxygens (including phenoxy) is 1. The molecule has 166 valence electrons. The molecule has 1 aliphatic rings. The smallest absolute Gasteiger partial charge is 0.108 e. The number of hydrogen-bond acceptors (Lipinski definition) is 6. The van der Waals surface area contributed by atoms with Crippen molar-refractivity contribution in [1.29, 1.82) is 0 Å². The zero-order valence-corrected chi connectivity index (χ0v) is 19.6. The molecule has 0 aliphatic carbocycles. The summed E-state index contributed by atoms with van der Waals surface area (Å²) >= 11 is 13.8. The van der Waals surface area contributed by atoms with Crippen molar-refractivity contribution < 1.29 is 9.84 Å². The summed E-state index contributed by atoms with van der Waals surface area (Å²) in [5.74, 6) is 0. The number of nitrogens with one attached hydrogen (secondary N) is 1. The van der Waals surface area contributed by atoms with Crippen molar-refractivity contribution in [3.05, 3.63) is 63.1 Å². The molecule has 0 saturated carbocycles. The van der Waals surface area contributed by atoms with Gasteiger partial charge in [0.05, 0.1) is 29.5 Å². The SMILES string of the molecule is OC(COCc1ccc(Cl)cc1Cl)CN1CCC(NCc2nc3ccccc3s2)CC1. The molecule has 0 radical (unpaired) electrons. The molecule has 1 aliphatic heterocycles. The monoisotopic (exact) mass is 479 g/mol. The number of nitrogens with zero attached hydrogens (tertiary/aromatic N) is 2. The molecule has 0 amide bonds. The third kappa shape index (κ3) is 6.62. The lowest BCUT2D eigenvalue weighted by Crippen LogP contribution is -2.45. The van der Waals surface area contributed by atoms with Gasteiger partial charge in [0.15, 0.2) is 0 Å². The molecule has 31 heavy (non-hydrogen) atoms. The van der Waals surface area contributed by atoms with Crippen molar-refractivity contribution in [2.24, 2.45) is 0 Å². The molecule has 1 atom stereocenters. The van der Waals surface area contributed by atoms with Gasteiger partial charge in [-0.15, -0.1) is 11.3 Å². The van der Waals surface area contributed by atoms with Gasteiger partial charge in [0.2, 0.25) is 0 Å². The fraction of sp³-hybridized carbons (Fsp3) is 0.435. The first kappa shape index (κ1) is 22.9. The van der Waals surface area contributed by atoms with E-state index in [0.717, 1.165) is 48.6 Å². The Labute approximate surface area is 196 Å². The molecule has 2 heterocycles. The van der Waals surface area contributed by atoms with E-state index < -0.39 is 6.10 Å². The lowest BCUT2D eigenvalue weighted by molar-refractivity contribution is 0.00567. The normalized spacial score (nSPS) is 16.7. The second kappa shape index (κ2) is 11.1. The highest BCUT2D eigenvalue weighted by molar-refractivity contribution is 7.18. The van der Waals surface area contributed by atoms with Gasteiger partial charge in [-0.1, -0.05) is 41.4 Å². The number of halogens is 2. The second-order valence-corrected chi connectivity index (χ2v) is 9.89. The fourth-order valence-electron chi connectivity index (χ4n) is 3.84. The van der Waals surface area contributed by atoms with Crippen LogP contribution in [0.5, 0.6) is 0 Å². The number of hydrogen-bond donors (Lipinski definition) is 2. The number of β-amino-alcohol motifs (C(OH)–C–C–N with tert-alkyl or cyclic N) is 1. The maximum absolute atomic E-state index is 10.3. The lowest BCUT2D eigenvalue weighted by Gasteiger charge is -2.33. The van der Waals surface area contributed by atoms with Crippen LogP contribution in [0.3, 0.4) is 0 Å². The van der Waals surface area contributed by atoms with Crippen LogP contribution < -0.4 is 5.32 Å². The molecule has 1 unspecified atom stereocenters. The molecule has 1 saturated heterocycles. The highest BCUT2D eigenvalue weighted by atomic mass is 35.5. The van der Waals surface area contributed by atoms with Crippen LogP contribution in [-0.4, -0.2) is 53.4 Å². The molecule has 5 nitrogen and oxygen atoms in total. The number of aliphatic hydroxyl groups excluding tert-OH is 1. The number of piperidine rings is 1. The maximum atomic E-state index is 10.3. The average Bonchev–Trinajstić information content (AvgIpc) is 3.18. The van der Waals surface area contributed by atoms with E-state index in [1.807, 2.05) is 12.1 Å². The van der Waals surface area contributed by atoms with Gasteiger partial charge in [-0.25, -0.2) is 4.98 Å². The second-order valence-electron chi connectivity index (χ2n) is 7.94. The number of benzene rings is 2. The highest BCUT2D eigenvalue weighted by Crippen LogP contribution is 2.23. The zero-order valence-electron chi connectivity index (χ0n) is 17.3. The number of para-hydroxylation sites is 1. The Hall–Kier alpha value is -1.25. The fourth-order valence-corrected chi connectivity index (χ4v) is 5.22. The molecule has 8 heteroatoms. The summed E-state index contributed by atoms with van der Waals surface area (Å²) in [4.78, 5) is 7.00. The highest BCUT2D eigenvalue weighted by Gasteiger charge is 2.21. The molecule has 4 rings (SSSR count). The van der Waals surface area contributed by atoms with E-state index in [1.165, 1.54) is 4.70 Å². The number of thiazole rings is 1. The van der Waals surface area contributed by atoms with E-state index in [9.17, 15) is 5.11 Å². The molecule has 0 bridgehead atoms. The molecule has 1 aromatic heterocycles. The Morgan fingerprint density at radius 3 is 2.77 bits per heavy atom. The Morgan fingerprint density at radius 1 is 1.19 bits per heavy atom. The number of aromatic nitrogens is 1. The third-order valence-electron chi connectivity index (χ3n) is 5.52. The number of fused-ring (bicyclic) bond motifs is 1. The van der Waals surface area contributed by atoms with Crippen molar-refractivity contribution in [1.82, 2.24) is 15.2 Å². The maximum Gasteiger partial charge on any atom is 0.108 e. The van der Waals surface area contributed by atoms with Crippen molar-refractivity contribution in [2.75, 3.05) is 26.2 Å². The van der Waals surface area contributed by atoms with Gasteiger partial charge in [-0.3, -0.25) is 0 Å². The molecule has 2 aromatic carbocycles. The predicted molar refractivity (Wildman–Crippen MR) is 128 cm³/mol. The summed E-state index contributed by atoms with van der Waals surface area (Å²) in [5.41, 5.74) is 1.95. The first-order valence-corrected chi connectivity index (χ1v) is 12.1. The van der Waals surface area contributed by atoms with Gasteiger partial charge < -0.3 is 20.1 Å².